The highest BCUT2D eigenvalue weighted by atomic mass is 32.1. The summed E-state index contributed by atoms with van der Waals surface area (Å²) in [7, 11) is 0. The Balaban J connectivity index is 1.73. The van der Waals surface area contributed by atoms with Gasteiger partial charge in [0.05, 0.1) is 11.2 Å². The molecule has 0 radical (unpaired) electrons. The Bertz CT molecular complexity index is 648. The molecule has 0 bridgehead atoms. The van der Waals surface area contributed by atoms with Crippen LogP contribution >= 0.6 is 11.3 Å². The maximum Gasteiger partial charge on any atom is 0.227 e. The predicted molar refractivity (Wildman–Crippen MR) is 82.2 cm³/mol. The van der Waals surface area contributed by atoms with E-state index in [-0.39, 0.29) is 11.8 Å². The number of thiazole rings is 1. The number of carbonyl (C=O) groups is 1. The third kappa shape index (κ3) is 2.48. The molecule has 104 valence electrons. The summed E-state index contributed by atoms with van der Waals surface area (Å²) in [5, 5.41) is 3.09. The van der Waals surface area contributed by atoms with Crippen LogP contribution in [0, 0.1) is 19.8 Å². The molecule has 20 heavy (non-hydrogen) atoms. The smallest absolute Gasteiger partial charge is 0.227 e. The van der Waals surface area contributed by atoms with Gasteiger partial charge < -0.3 is 5.32 Å². The number of aromatic nitrogens is 1. The normalized spacial score (nSPS) is 17.6. The highest BCUT2D eigenvalue weighted by molar-refractivity contribution is 7.09. The average Bonchev–Trinajstić information content (AvgIpc) is 2.91. The van der Waals surface area contributed by atoms with Gasteiger partial charge in [0, 0.05) is 16.5 Å². The fraction of sp³-hybridized carbons (Fsp3) is 0.375. The average molecular weight is 286 g/mol. The van der Waals surface area contributed by atoms with E-state index in [2.05, 4.69) is 23.3 Å². The topological polar surface area (TPSA) is 42.0 Å². The van der Waals surface area contributed by atoms with Crippen LogP contribution in [0.15, 0.2) is 23.7 Å². The quantitative estimate of drug-likeness (QED) is 0.918. The highest BCUT2D eigenvalue weighted by Crippen LogP contribution is 2.29. The van der Waals surface area contributed by atoms with Gasteiger partial charge in [-0.3, -0.25) is 4.79 Å². The van der Waals surface area contributed by atoms with Crippen molar-refractivity contribution in [2.24, 2.45) is 5.92 Å². The van der Waals surface area contributed by atoms with Crippen LogP contribution in [-0.2, 0) is 17.6 Å². The Kier molecular flexibility index (Phi) is 3.57. The van der Waals surface area contributed by atoms with Gasteiger partial charge in [0.15, 0.2) is 0 Å². The summed E-state index contributed by atoms with van der Waals surface area (Å²) in [6.07, 6.45) is 2.65. The molecule has 0 aliphatic heterocycles. The summed E-state index contributed by atoms with van der Waals surface area (Å²) in [5.41, 5.74) is 6.36. The summed E-state index contributed by atoms with van der Waals surface area (Å²) in [4.78, 5) is 18.1. The van der Waals surface area contributed by atoms with Crippen molar-refractivity contribution in [1.82, 2.24) is 4.98 Å². The van der Waals surface area contributed by atoms with Crippen LogP contribution in [0.5, 0.6) is 0 Å². The minimum Gasteiger partial charge on any atom is -0.326 e. The van der Waals surface area contributed by atoms with Crippen LogP contribution in [0.3, 0.4) is 0 Å². The lowest BCUT2D eigenvalue weighted by molar-refractivity contribution is -0.120. The number of benzene rings is 1. The second-order valence-corrected chi connectivity index (χ2v) is 6.34. The summed E-state index contributed by atoms with van der Waals surface area (Å²) >= 11 is 1.67. The van der Waals surface area contributed by atoms with Crippen molar-refractivity contribution in [2.45, 2.75) is 33.1 Å². The first-order chi connectivity index (χ1) is 9.65. The summed E-state index contributed by atoms with van der Waals surface area (Å²) < 4.78 is 0. The third-order valence-electron chi connectivity index (χ3n) is 4.12. The maximum absolute atomic E-state index is 12.4. The maximum atomic E-state index is 12.4. The molecule has 0 saturated heterocycles. The lowest BCUT2D eigenvalue weighted by Crippen LogP contribution is -2.28. The SMILES string of the molecule is Cc1cccc(NC(=O)C2CCc3ncsc3C2)c1C. The Hall–Kier alpha value is -1.68. The summed E-state index contributed by atoms with van der Waals surface area (Å²) in [6.45, 7) is 4.11. The Morgan fingerprint density at radius 1 is 1.40 bits per heavy atom. The number of carbonyl (C=O) groups excluding carboxylic acids is 1. The van der Waals surface area contributed by atoms with Gasteiger partial charge in [-0.15, -0.1) is 11.3 Å². The van der Waals surface area contributed by atoms with Crippen LogP contribution in [0.2, 0.25) is 0 Å². The molecule has 1 N–H and O–H groups in total. The lowest BCUT2D eigenvalue weighted by Gasteiger charge is -2.21. The van der Waals surface area contributed by atoms with E-state index in [0.717, 1.165) is 30.5 Å². The highest BCUT2D eigenvalue weighted by Gasteiger charge is 2.26. The van der Waals surface area contributed by atoms with Crippen molar-refractivity contribution >= 4 is 22.9 Å². The van der Waals surface area contributed by atoms with E-state index in [1.54, 1.807) is 11.3 Å². The van der Waals surface area contributed by atoms with Crippen molar-refractivity contribution in [2.75, 3.05) is 5.32 Å². The standard InChI is InChI=1S/C16H18N2OS/c1-10-4-3-5-13(11(10)2)18-16(19)12-6-7-14-15(8-12)20-9-17-14/h3-5,9,12H,6-8H2,1-2H3,(H,18,19). The molecule has 1 aromatic carbocycles. The van der Waals surface area contributed by atoms with Crippen molar-refractivity contribution < 1.29 is 4.79 Å². The molecule has 0 spiro atoms. The number of amides is 1. The molecule has 1 aromatic heterocycles. The van der Waals surface area contributed by atoms with E-state index in [9.17, 15) is 4.79 Å². The number of fused-ring (bicyclic) bond motifs is 1. The number of nitrogens with one attached hydrogen (secondary N) is 1. The molecule has 4 heteroatoms. The van der Waals surface area contributed by atoms with Crippen LogP contribution in [0.4, 0.5) is 5.69 Å². The number of hydrogen-bond acceptors (Lipinski definition) is 3. The zero-order valence-electron chi connectivity index (χ0n) is 11.8. The van der Waals surface area contributed by atoms with Crippen molar-refractivity contribution in [3.8, 4) is 0 Å². The first-order valence-electron chi connectivity index (χ1n) is 6.93. The lowest BCUT2D eigenvalue weighted by atomic mass is 9.90. The number of aryl methyl sites for hydroxylation is 2. The van der Waals surface area contributed by atoms with E-state index < -0.39 is 0 Å². The van der Waals surface area contributed by atoms with E-state index in [1.165, 1.54) is 16.1 Å². The van der Waals surface area contributed by atoms with Crippen LogP contribution in [-0.4, -0.2) is 10.9 Å². The minimum atomic E-state index is 0.0721. The van der Waals surface area contributed by atoms with Crippen molar-refractivity contribution in [3.05, 3.63) is 45.4 Å². The molecule has 0 fully saturated rings. The van der Waals surface area contributed by atoms with E-state index in [1.807, 2.05) is 24.6 Å². The van der Waals surface area contributed by atoms with Crippen LogP contribution in [0.1, 0.15) is 28.1 Å². The molecule has 3 nitrogen and oxygen atoms in total. The van der Waals surface area contributed by atoms with Crippen LogP contribution in [0.25, 0.3) is 0 Å². The molecule has 1 aliphatic carbocycles. The van der Waals surface area contributed by atoms with Gasteiger partial charge in [-0.25, -0.2) is 4.98 Å². The van der Waals surface area contributed by atoms with Gasteiger partial charge >= 0.3 is 0 Å². The van der Waals surface area contributed by atoms with Gasteiger partial charge in [-0.2, -0.15) is 0 Å². The number of nitrogens with zero attached hydrogens (tertiary/aromatic N) is 1. The largest absolute Gasteiger partial charge is 0.326 e. The zero-order chi connectivity index (χ0) is 14.1. The zero-order valence-corrected chi connectivity index (χ0v) is 12.6. The van der Waals surface area contributed by atoms with E-state index >= 15 is 0 Å². The molecular formula is C16H18N2OS. The van der Waals surface area contributed by atoms with E-state index in [0.29, 0.717) is 0 Å². The van der Waals surface area contributed by atoms with Crippen molar-refractivity contribution in [3.63, 3.8) is 0 Å². The third-order valence-corrected chi connectivity index (χ3v) is 5.02. The summed E-state index contributed by atoms with van der Waals surface area (Å²) in [6, 6.07) is 6.02. The van der Waals surface area contributed by atoms with Gasteiger partial charge in [0.2, 0.25) is 5.91 Å². The molecule has 1 aliphatic rings. The number of rotatable bonds is 2. The fourth-order valence-corrected chi connectivity index (χ4v) is 3.54. The number of hydrogen-bond donors (Lipinski definition) is 1. The summed E-state index contributed by atoms with van der Waals surface area (Å²) in [5.74, 6) is 0.209. The van der Waals surface area contributed by atoms with Gasteiger partial charge in [-0.05, 0) is 50.3 Å². The Labute approximate surface area is 123 Å². The first-order valence-corrected chi connectivity index (χ1v) is 7.81. The second-order valence-electron chi connectivity index (χ2n) is 5.40. The number of anilines is 1. The molecule has 1 heterocycles. The molecule has 2 aromatic rings. The van der Waals surface area contributed by atoms with Gasteiger partial charge in [0.1, 0.15) is 0 Å². The monoisotopic (exact) mass is 286 g/mol. The van der Waals surface area contributed by atoms with E-state index in [4.69, 9.17) is 0 Å². The van der Waals surface area contributed by atoms with Crippen LogP contribution < -0.4 is 5.32 Å². The first kappa shape index (κ1) is 13.3. The molecule has 3 rings (SSSR count). The second kappa shape index (κ2) is 5.37. The minimum absolute atomic E-state index is 0.0721. The molecule has 1 atom stereocenters. The van der Waals surface area contributed by atoms with Crippen molar-refractivity contribution in [1.29, 1.82) is 0 Å². The van der Waals surface area contributed by atoms with Gasteiger partial charge in [0.25, 0.3) is 0 Å². The Morgan fingerprint density at radius 2 is 2.25 bits per heavy atom. The fourth-order valence-electron chi connectivity index (χ4n) is 2.65. The molecule has 1 amide bonds. The Morgan fingerprint density at radius 3 is 3.10 bits per heavy atom. The van der Waals surface area contributed by atoms with Gasteiger partial charge in [-0.1, -0.05) is 12.1 Å². The molecule has 1 unspecified atom stereocenters. The predicted octanol–water partition coefficient (Wildman–Crippen LogP) is 3.50. The molecular weight excluding hydrogens is 268 g/mol. The molecule has 0 saturated carbocycles.